The topological polar surface area (TPSA) is 111 Å². The van der Waals surface area contributed by atoms with Crippen molar-refractivity contribution in [2.45, 2.75) is 32.4 Å². The van der Waals surface area contributed by atoms with E-state index in [1.165, 1.54) is 12.1 Å². The van der Waals surface area contributed by atoms with Gasteiger partial charge in [-0.05, 0) is 45.0 Å². The minimum absolute atomic E-state index is 0.0638. The molecule has 1 aromatic carbocycles. The van der Waals surface area contributed by atoms with Crippen molar-refractivity contribution in [1.82, 2.24) is 10.2 Å². The molecule has 1 aliphatic rings. The fraction of sp³-hybridized carbons (Fsp3) is 0.438. The number of nitrogens with one attached hydrogen (secondary N) is 1. The molecule has 2 rings (SSSR count). The van der Waals surface area contributed by atoms with Crippen LogP contribution < -0.4 is 5.32 Å². The van der Waals surface area contributed by atoms with Crippen molar-refractivity contribution in [3.05, 3.63) is 29.8 Å². The molecule has 1 aliphatic heterocycles. The predicted octanol–water partition coefficient (Wildman–Crippen LogP) is 2.03. The highest BCUT2D eigenvalue weighted by Gasteiger charge is 2.30. The highest BCUT2D eigenvalue weighted by atomic mass is 16.6. The van der Waals surface area contributed by atoms with Crippen molar-refractivity contribution in [3.63, 3.8) is 0 Å². The van der Waals surface area contributed by atoms with E-state index >= 15 is 0 Å². The van der Waals surface area contributed by atoms with Crippen molar-refractivity contribution in [2.75, 3.05) is 13.1 Å². The maximum Gasteiger partial charge on any atom is 0.413 e. The Morgan fingerprint density at radius 1 is 1.29 bits per heavy atom. The molecule has 0 radical (unpaired) electrons. The number of aromatic hydroxyl groups is 1. The maximum atomic E-state index is 11.8. The Bertz CT molecular complexity index is 649. The van der Waals surface area contributed by atoms with Crippen LogP contribution in [0.2, 0.25) is 0 Å². The van der Waals surface area contributed by atoms with Crippen LogP contribution in [0, 0.1) is 0 Å². The second-order valence-corrected chi connectivity index (χ2v) is 6.45. The van der Waals surface area contributed by atoms with E-state index in [0.717, 1.165) is 4.90 Å². The largest absolute Gasteiger partial charge is 0.508 e. The minimum Gasteiger partial charge on any atom is -0.508 e. The van der Waals surface area contributed by atoms with Crippen LogP contribution in [0.3, 0.4) is 0 Å². The lowest BCUT2D eigenvalue weighted by Gasteiger charge is -2.31. The monoisotopic (exact) mass is 335 g/mol. The molecule has 0 saturated carbocycles. The average Bonchev–Trinajstić information content (AvgIpc) is 2.46. The third-order valence-electron chi connectivity index (χ3n) is 3.20. The summed E-state index contributed by atoms with van der Waals surface area (Å²) in [6, 6.07) is 5.63. The lowest BCUT2D eigenvalue weighted by atomic mass is 10.1. The zero-order chi connectivity index (χ0) is 17.9. The molecule has 0 fully saturated rings. The molecule has 1 aromatic rings. The van der Waals surface area contributed by atoms with Crippen molar-refractivity contribution < 1.29 is 24.5 Å². The molecule has 24 heavy (non-hydrogen) atoms. The van der Waals surface area contributed by atoms with E-state index in [-0.39, 0.29) is 24.7 Å². The van der Waals surface area contributed by atoms with Crippen molar-refractivity contribution >= 4 is 18.0 Å². The van der Waals surface area contributed by atoms with Gasteiger partial charge in [-0.2, -0.15) is 0 Å². The normalized spacial score (nSPS) is 17.9. The molecular weight excluding hydrogens is 314 g/mol. The lowest BCUT2D eigenvalue weighted by molar-refractivity contribution is 0.0496. The van der Waals surface area contributed by atoms with E-state index in [1.807, 2.05) is 0 Å². The standard InChI is InChI=1S/C16H21N3O5/c1-16(2,3)24-14(21)18-11-8-17-13(19(9-11)15(22)23)10-4-6-12(20)7-5-10/h4-7,11,20H,8-9H2,1-3H3,(H,18,21)(H,22,23). The molecule has 130 valence electrons. The first-order valence-electron chi connectivity index (χ1n) is 7.49. The fourth-order valence-electron chi connectivity index (χ4n) is 2.24. The van der Waals surface area contributed by atoms with Gasteiger partial charge in [0, 0.05) is 5.56 Å². The van der Waals surface area contributed by atoms with Gasteiger partial charge in [0.2, 0.25) is 0 Å². The second kappa shape index (κ2) is 6.77. The molecule has 2 amide bonds. The van der Waals surface area contributed by atoms with Crippen LogP contribution in [0.1, 0.15) is 26.3 Å². The maximum absolute atomic E-state index is 11.8. The number of hydrogen-bond donors (Lipinski definition) is 3. The summed E-state index contributed by atoms with van der Waals surface area (Å²) >= 11 is 0. The number of ether oxygens (including phenoxy) is 1. The Kier molecular flexibility index (Phi) is 4.96. The van der Waals surface area contributed by atoms with Crippen molar-refractivity contribution in [2.24, 2.45) is 4.99 Å². The van der Waals surface area contributed by atoms with Gasteiger partial charge in [-0.15, -0.1) is 0 Å². The van der Waals surface area contributed by atoms with Crippen LogP contribution in [0.15, 0.2) is 29.3 Å². The summed E-state index contributed by atoms with van der Waals surface area (Å²) in [7, 11) is 0. The summed E-state index contributed by atoms with van der Waals surface area (Å²) in [4.78, 5) is 28.7. The number of phenols is 1. The van der Waals surface area contributed by atoms with E-state index in [0.29, 0.717) is 5.56 Å². The first-order chi connectivity index (χ1) is 11.2. The molecule has 0 aromatic heterocycles. The number of benzene rings is 1. The first-order valence-corrected chi connectivity index (χ1v) is 7.49. The molecule has 1 heterocycles. The van der Waals surface area contributed by atoms with E-state index in [1.54, 1.807) is 32.9 Å². The molecule has 1 unspecified atom stereocenters. The third-order valence-corrected chi connectivity index (χ3v) is 3.20. The number of carbonyl (C=O) groups is 2. The Labute approximate surface area is 139 Å². The van der Waals surface area contributed by atoms with Crippen LogP contribution in [0.25, 0.3) is 0 Å². The Balaban J connectivity index is 2.12. The zero-order valence-electron chi connectivity index (χ0n) is 13.8. The SMILES string of the molecule is CC(C)(C)OC(=O)NC1CN=C(c2ccc(O)cc2)N(C(=O)O)C1. The van der Waals surface area contributed by atoms with Crippen LogP contribution in [-0.4, -0.2) is 57.9 Å². The molecular formula is C16H21N3O5. The van der Waals surface area contributed by atoms with Gasteiger partial charge in [0.15, 0.2) is 0 Å². The molecule has 3 N–H and O–H groups in total. The smallest absolute Gasteiger partial charge is 0.413 e. The van der Waals surface area contributed by atoms with Gasteiger partial charge in [0.05, 0.1) is 19.1 Å². The molecule has 8 heteroatoms. The predicted molar refractivity (Wildman–Crippen MR) is 87.4 cm³/mol. The van der Waals surface area contributed by atoms with Crippen LogP contribution in [-0.2, 0) is 4.74 Å². The van der Waals surface area contributed by atoms with E-state index in [4.69, 9.17) is 4.74 Å². The van der Waals surface area contributed by atoms with Gasteiger partial charge in [-0.1, -0.05) is 0 Å². The third kappa shape index (κ3) is 4.61. The molecule has 0 aliphatic carbocycles. The first kappa shape index (κ1) is 17.6. The number of carboxylic acid groups (broad SMARTS) is 1. The van der Waals surface area contributed by atoms with Crippen molar-refractivity contribution in [1.29, 1.82) is 0 Å². The number of hydrogen-bond acceptors (Lipinski definition) is 5. The van der Waals surface area contributed by atoms with Gasteiger partial charge in [0.25, 0.3) is 0 Å². The van der Waals surface area contributed by atoms with Crippen LogP contribution in [0.4, 0.5) is 9.59 Å². The fourth-order valence-corrected chi connectivity index (χ4v) is 2.24. The number of carbonyl (C=O) groups excluding carboxylic acids is 1. The average molecular weight is 335 g/mol. The number of nitrogens with zero attached hydrogens (tertiary/aromatic N) is 2. The number of amidine groups is 1. The van der Waals surface area contributed by atoms with Gasteiger partial charge in [-0.25, -0.2) is 9.59 Å². The number of alkyl carbamates (subject to hydrolysis) is 1. The Hall–Kier alpha value is -2.77. The van der Waals surface area contributed by atoms with E-state index in [2.05, 4.69) is 10.3 Å². The van der Waals surface area contributed by atoms with Gasteiger partial charge >= 0.3 is 12.2 Å². The second-order valence-electron chi connectivity index (χ2n) is 6.45. The summed E-state index contributed by atoms with van der Waals surface area (Å²) in [5.74, 6) is 0.367. The number of phenolic OH excluding ortho intramolecular Hbond substituents is 1. The van der Waals surface area contributed by atoms with Gasteiger partial charge in [-0.3, -0.25) is 9.89 Å². The Morgan fingerprint density at radius 3 is 2.46 bits per heavy atom. The number of amides is 2. The summed E-state index contributed by atoms with van der Waals surface area (Å²) < 4.78 is 5.17. The highest BCUT2D eigenvalue weighted by Crippen LogP contribution is 2.16. The van der Waals surface area contributed by atoms with Gasteiger partial charge in [0.1, 0.15) is 17.2 Å². The molecule has 0 bridgehead atoms. The summed E-state index contributed by atoms with van der Waals surface area (Å²) in [5, 5.41) is 21.4. The van der Waals surface area contributed by atoms with E-state index in [9.17, 15) is 19.8 Å². The van der Waals surface area contributed by atoms with Gasteiger partial charge < -0.3 is 20.3 Å². The minimum atomic E-state index is -1.17. The van der Waals surface area contributed by atoms with Crippen molar-refractivity contribution in [3.8, 4) is 5.75 Å². The molecule has 0 spiro atoms. The number of aliphatic imine (C=N–C) groups is 1. The lowest BCUT2D eigenvalue weighted by Crippen LogP contribution is -2.53. The van der Waals surface area contributed by atoms with Crippen LogP contribution >= 0.6 is 0 Å². The Morgan fingerprint density at radius 2 is 1.92 bits per heavy atom. The highest BCUT2D eigenvalue weighted by molar-refractivity contribution is 6.06. The molecule has 1 atom stereocenters. The summed E-state index contributed by atoms with van der Waals surface area (Å²) in [6.45, 7) is 5.54. The quantitative estimate of drug-likeness (QED) is 0.765. The molecule has 8 nitrogen and oxygen atoms in total. The summed E-state index contributed by atoms with van der Waals surface area (Å²) in [6.07, 6.45) is -1.78. The summed E-state index contributed by atoms with van der Waals surface area (Å²) in [5.41, 5.74) is -0.0583. The molecule has 0 saturated heterocycles. The number of rotatable bonds is 2. The zero-order valence-corrected chi connectivity index (χ0v) is 13.8. The van der Waals surface area contributed by atoms with E-state index < -0.39 is 23.8 Å². The van der Waals surface area contributed by atoms with Crippen LogP contribution in [0.5, 0.6) is 5.75 Å².